The van der Waals surface area contributed by atoms with E-state index in [0.29, 0.717) is 22.3 Å². The zero-order chi connectivity index (χ0) is 24.1. The number of nitrogens with zero attached hydrogens (tertiary/aromatic N) is 2. The fourth-order valence-electron chi connectivity index (χ4n) is 5.84. The molecule has 0 saturated heterocycles. The predicted molar refractivity (Wildman–Crippen MR) is 144 cm³/mol. The van der Waals surface area contributed by atoms with E-state index in [-0.39, 0.29) is 11.6 Å². The Morgan fingerprint density at radius 3 is 2.14 bits per heavy atom. The molecule has 8 rings (SSSR count). The molecule has 0 radical (unpaired) electrons. The number of ketones is 2. The zero-order valence-corrected chi connectivity index (χ0v) is 20.3. The van der Waals surface area contributed by atoms with Crippen molar-refractivity contribution in [1.82, 2.24) is 9.78 Å². The van der Waals surface area contributed by atoms with Crippen LogP contribution in [0.4, 0.5) is 0 Å². The summed E-state index contributed by atoms with van der Waals surface area (Å²) in [5, 5.41) is 7.82. The van der Waals surface area contributed by atoms with Gasteiger partial charge in [0.05, 0.1) is 11.2 Å². The van der Waals surface area contributed by atoms with Crippen LogP contribution in [-0.4, -0.2) is 21.3 Å². The SMILES string of the molecule is O=C1c2cc(Br)ccc2-c2ccc(-n3nc4c5c(cccc53)C(=O)c3ccccc3-4)c3cccc1c23. The lowest BCUT2D eigenvalue weighted by molar-refractivity contribution is 0.103. The van der Waals surface area contributed by atoms with Gasteiger partial charge >= 0.3 is 0 Å². The first kappa shape index (κ1) is 19.9. The monoisotopic (exact) mass is 526 g/mol. The molecule has 5 aromatic carbocycles. The Bertz CT molecular complexity index is 2000. The van der Waals surface area contributed by atoms with Gasteiger partial charge in [-0.05, 0) is 35.4 Å². The number of hydrogen-bond donors (Lipinski definition) is 0. The number of fused-ring (bicyclic) bond motifs is 4. The molecule has 0 bridgehead atoms. The zero-order valence-electron chi connectivity index (χ0n) is 18.7. The molecule has 2 aliphatic rings. The normalized spacial score (nSPS) is 13.2. The molecule has 0 fully saturated rings. The lowest BCUT2D eigenvalue weighted by Crippen LogP contribution is -2.11. The summed E-state index contributed by atoms with van der Waals surface area (Å²) in [6.45, 7) is 0. The Kier molecular flexibility index (Phi) is 3.80. The van der Waals surface area contributed by atoms with Crippen LogP contribution in [0.5, 0.6) is 0 Å². The van der Waals surface area contributed by atoms with Crippen LogP contribution in [0.15, 0.2) is 95.5 Å². The molecule has 1 heterocycles. The van der Waals surface area contributed by atoms with Gasteiger partial charge in [0.15, 0.2) is 11.6 Å². The van der Waals surface area contributed by atoms with Crippen molar-refractivity contribution >= 4 is 49.2 Å². The average Bonchev–Trinajstić information content (AvgIpc) is 3.30. The van der Waals surface area contributed by atoms with Crippen molar-refractivity contribution in [2.75, 3.05) is 0 Å². The van der Waals surface area contributed by atoms with Crippen LogP contribution in [0, 0.1) is 0 Å². The van der Waals surface area contributed by atoms with Crippen molar-refractivity contribution in [3.05, 3.63) is 118 Å². The number of carbonyl (C=O) groups excluding carboxylic acids is 2. The third-order valence-electron chi connectivity index (χ3n) is 7.39. The summed E-state index contributed by atoms with van der Waals surface area (Å²) < 4.78 is 2.81. The van der Waals surface area contributed by atoms with Crippen LogP contribution in [0.25, 0.3) is 49.7 Å². The van der Waals surface area contributed by atoms with Crippen LogP contribution in [-0.2, 0) is 0 Å². The number of rotatable bonds is 1. The van der Waals surface area contributed by atoms with E-state index in [1.807, 2.05) is 83.5 Å². The van der Waals surface area contributed by atoms with Crippen LogP contribution in [0.2, 0.25) is 0 Å². The van der Waals surface area contributed by atoms with E-state index in [4.69, 9.17) is 5.10 Å². The van der Waals surface area contributed by atoms with Crippen molar-refractivity contribution < 1.29 is 9.59 Å². The molecule has 0 N–H and O–H groups in total. The summed E-state index contributed by atoms with van der Waals surface area (Å²) in [6, 6.07) is 29.3. The van der Waals surface area contributed by atoms with Crippen molar-refractivity contribution in [2.24, 2.45) is 0 Å². The molecule has 1 aromatic heterocycles. The van der Waals surface area contributed by atoms with Gasteiger partial charge in [-0.3, -0.25) is 9.59 Å². The molecule has 6 aromatic rings. The number of halogens is 1. The Balaban J connectivity index is 1.47. The summed E-state index contributed by atoms with van der Waals surface area (Å²) in [4.78, 5) is 26.8. The Hall–Kier alpha value is -4.35. The van der Waals surface area contributed by atoms with Gasteiger partial charge in [0.25, 0.3) is 0 Å². The quantitative estimate of drug-likeness (QED) is 0.224. The Morgan fingerprint density at radius 1 is 0.583 bits per heavy atom. The van der Waals surface area contributed by atoms with E-state index >= 15 is 0 Å². The van der Waals surface area contributed by atoms with Gasteiger partial charge in [-0.2, -0.15) is 5.10 Å². The molecule has 5 heteroatoms. The Labute approximate surface area is 213 Å². The smallest absolute Gasteiger partial charge is 0.194 e. The maximum Gasteiger partial charge on any atom is 0.194 e. The van der Waals surface area contributed by atoms with Crippen LogP contribution in [0.3, 0.4) is 0 Å². The van der Waals surface area contributed by atoms with Crippen LogP contribution >= 0.6 is 15.9 Å². The third-order valence-corrected chi connectivity index (χ3v) is 7.88. The molecule has 2 aliphatic carbocycles. The highest BCUT2D eigenvalue weighted by Gasteiger charge is 2.30. The molecular formula is C31H15BrN2O2. The summed E-state index contributed by atoms with van der Waals surface area (Å²) in [6.07, 6.45) is 0. The number of carbonyl (C=O) groups is 2. The highest BCUT2D eigenvalue weighted by Crippen LogP contribution is 2.44. The minimum Gasteiger partial charge on any atom is -0.289 e. The standard InChI is InChI=1S/C31H15BrN2O2/c32-16-11-12-17-18-13-14-25(21-7-3-8-22(27(18)21)31(36)24(17)15-16)34-26-10-4-9-23-28(26)29(33-34)19-5-1-2-6-20(19)30(23)35/h1-15H. The fraction of sp³-hybridized carbons (Fsp3) is 0. The van der Waals surface area contributed by atoms with Gasteiger partial charge in [-0.15, -0.1) is 0 Å². The van der Waals surface area contributed by atoms with Crippen molar-refractivity contribution in [1.29, 1.82) is 0 Å². The van der Waals surface area contributed by atoms with E-state index in [1.165, 1.54) is 0 Å². The molecule has 0 spiro atoms. The molecule has 4 nitrogen and oxygen atoms in total. The van der Waals surface area contributed by atoms with Crippen LogP contribution < -0.4 is 0 Å². The van der Waals surface area contributed by atoms with Gasteiger partial charge in [-0.1, -0.05) is 82.7 Å². The highest BCUT2D eigenvalue weighted by molar-refractivity contribution is 9.10. The molecule has 0 saturated carbocycles. The van der Waals surface area contributed by atoms with E-state index in [0.717, 1.165) is 54.2 Å². The number of benzene rings is 5. The topological polar surface area (TPSA) is 52.0 Å². The first-order valence-electron chi connectivity index (χ1n) is 11.7. The average molecular weight is 527 g/mol. The van der Waals surface area contributed by atoms with Crippen LogP contribution in [0.1, 0.15) is 31.8 Å². The first-order valence-corrected chi connectivity index (χ1v) is 12.5. The second-order valence-corrected chi connectivity index (χ2v) is 10.1. The van der Waals surface area contributed by atoms with E-state index in [2.05, 4.69) is 28.1 Å². The molecule has 168 valence electrons. The minimum absolute atomic E-state index is 0.0206. The summed E-state index contributed by atoms with van der Waals surface area (Å²) >= 11 is 3.51. The molecule has 0 atom stereocenters. The number of aromatic nitrogens is 2. The van der Waals surface area contributed by atoms with Gasteiger partial charge in [0.2, 0.25) is 0 Å². The van der Waals surface area contributed by atoms with Gasteiger partial charge in [-0.25, -0.2) is 4.68 Å². The molecule has 0 unspecified atom stereocenters. The molecule has 0 aliphatic heterocycles. The third kappa shape index (κ3) is 2.40. The van der Waals surface area contributed by atoms with E-state index in [9.17, 15) is 9.59 Å². The molecule has 0 amide bonds. The van der Waals surface area contributed by atoms with Crippen molar-refractivity contribution in [3.8, 4) is 28.1 Å². The maximum atomic E-state index is 13.5. The molecular weight excluding hydrogens is 512 g/mol. The van der Waals surface area contributed by atoms with Gasteiger partial charge in [0.1, 0.15) is 5.69 Å². The van der Waals surface area contributed by atoms with Gasteiger partial charge in [0, 0.05) is 48.4 Å². The number of hydrogen-bond acceptors (Lipinski definition) is 3. The maximum absolute atomic E-state index is 13.5. The minimum atomic E-state index is 0.0206. The fourth-order valence-corrected chi connectivity index (χ4v) is 6.20. The first-order chi connectivity index (χ1) is 17.6. The summed E-state index contributed by atoms with van der Waals surface area (Å²) in [5.74, 6) is 0.0424. The predicted octanol–water partition coefficient (Wildman–Crippen LogP) is 7.36. The highest BCUT2D eigenvalue weighted by atomic mass is 79.9. The second kappa shape index (κ2) is 6.86. The van der Waals surface area contributed by atoms with Crippen molar-refractivity contribution in [3.63, 3.8) is 0 Å². The summed E-state index contributed by atoms with van der Waals surface area (Å²) in [5.41, 5.74) is 8.12. The second-order valence-electron chi connectivity index (χ2n) is 9.21. The largest absolute Gasteiger partial charge is 0.289 e. The summed E-state index contributed by atoms with van der Waals surface area (Å²) in [7, 11) is 0. The lowest BCUT2D eigenvalue weighted by atomic mass is 9.82. The van der Waals surface area contributed by atoms with E-state index < -0.39 is 0 Å². The Morgan fingerprint density at radius 2 is 1.28 bits per heavy atom. The lowest BCUT2D eigenvalue weighted by Gasteiger charge is -2.21. The molecule has 36 heavy (non-hydrogen) atoms. The van der Waals surface area contributed by atoms with Crippen molar-refractivity contribution in [2.45, 2.75) is 0 Å². The van der Waals surface area contributed by atoms with Gasteiger partial charge < -0.3 is 0 Å². The van der Waals surface area contributed by atoms with E-state index in [1.54, 1.807) is 0 Å².